The van der Waals surface area contributed by atoms with Gasteiger partial charge in [-0.05, 0) is 6.42 Å². The van der Waals surface area contributed by atoms with E-state index in [9.17, 15) is 0 Å². The first kappa shape index (κ1) is 17.7. The van der Waals surface area contributed by atoms with Crippen molar-refractivity contribution >= 4 is 16.5 Å². The van der Waals surface area contributed by atoms with Crippen molar-refractivity contribution in [3.8, 4) is 0 Å². The maximum Gasteiger partial charge on any atom is 0.314 e. The smallest absolute Gasteiger partial charge is 0.314 e. The number of rotatable bonds is 9. The minimum Gasteiger partial charge on any atom is -1.00 e. The number of hydrogen-bond acceptors (Lipinski definition) is 0. The van der Waals surface area contributed by atoms with Crippen LogP contribution in [0, 0.1) is 0 Å². The molecule has 0 saturated carbocycles. The average Bonchev–Trinajstić information content (AvgIpc) is 2.15. The van der Waals surface area contributed by atoms with E-state index in [4.69, 9.17) is 11.5 Å². The molecule has 0 aromatic carbocycles. The fourth-order valence-electron chi connectivity index (χ4n) is 1.43. The maximum absolute atomic E-state index is 5.35. The molecule has 0 spiro atoms. The Hall–Kier alpha value is 0.300. The molecule has 0 amide bonds. The van der Waals surface area contributed by atoms with Gasteiger partial charge in [0.15, 0.2) is 5.75 Å². The van der Waals surface area contributed by atoms with Crippen LogP contribution in [-0.4, -0.2) is 10.9 Å². The van der Waals surface area contributed by atoms with E-state index < -0.39 is 0 Å². The van der Waals surface area contributed by atoms with Crippen LogP contribution in [0.5, 0.6) is 0 Å². The molecule has 0 fully saturated rings. The quantitative estimate of drug-likeness (QED) is 0.321. The van der Waals surface area contributed by atoms with Gasteiger partial charge in [-0.25, -0.2) is 11.5 Å². The van der Waals surface area contributed by atoms with Crippen LogP contribution in [0.3, 0.4) is 0 Å². The summed E-state index contributed by atoms with van der Waals surface area (Å²) in [6, 6.07) is 0. The zero-order valence-electron chi connectivity index (χ0n) is 9.80. The van der Waals surface area contributed by atoms with Gasteiger partial charge in [-0.1, -0.05) is 45.4 Å². The summed E-state index contributed by atoms with van der Waals surface area (Å²) in [4.78, 5) is 0. The topological polar surface area (TPSA) is 52.0 Å². The van der Waals surface area contributed by atoms with Gasteiger partial charge in [0.1, 0.15) is 0 Å². The second kappa shape index (κ2) is 14.3. The highest BCUT2D eigenvalue weighted by molar-refractivity contribution is 7.78. The number of unbranched alkanes of at least 4 members (excludes halogenated alkanes) is 7. The van der Waals surface area contributed by atoms with Crippen LogP contribution in [0.25, 0.3) is 0 Å². The van der Waals surface area contributed by atoms with Gasteiger partial charge in [0.05, 0.1) is 0 Å². The van der Waals surface area contributed by atoms with Crippen LogP contribution in [0.4, 0.5) is 0 Å². The van der Waals surface area contributed by atoms with E-state index >= 15 is 0 Å². The monoisotopic (exact) mass is 252 g/mol. The van der Waals surface area contributed by atoms with E-state index in [1.165, 1.54) is 51.4 Å². The predicted molar refractivity (Wildman–Crippen MR) is 68.2 cm³/mol. The molecule has 0 aromatic rings. The van der Waals surface area contributed by atoms with Crippen molar-refractivity contribution in [2.45, 2.75) is 58.3 Å². The van der Waals surface area contributed by atoms with Gasteiger partial charge < -0.3 is 12.4 Å². The molecule has 0 saturated heterocycles. The van der Waals surface area contributed by atoms with E-state index in [0.29, 0.717) is 5.11 Å². The van der Waals surface area contributed by atoms with E-state index in [1.807, 2.05) is 0 Å². The van der Waals surface area contributed by atoms with Crippen molar-refractivity contribution in [2.24, 2.45) is 11.5 Å². The van der Waals surface area contributed by atoms with Gasteiger partial charge >= 0.3 is 5.11 Å². The van der Waals surface area contributed by atoms with Crippen LogP contribution in [-0.2, 0) is 11.4 Å². The number of halogens is 1. The van der Waals surface area contributed by atoms with Crippen molar-refractivity contribution in [2.75, 3.05) is 5.75 Å². The largest absolute Gasteiger partial charge is 1.00 e. The lowest BCUT2D eigenvalue weighted by Crippen LogP contribution is -3.00. The van der Waals surface area contributed by atoms with Crippen LogP contribution >= 0.6 is 0 Å². The third-order valence-corrected chi connectivity index (χ3v) is 3.09. The molecule has 92 valence electrons. The average molecular weight is 253 g/mol. The van der Waals surface area contributed by atoms with Crippen molar-refractivity contribution in [1.82, 2.24) is 0 Å². The Labute approximate surface area is 105 Å². The van der Waals surface area contributed by atoms with E-state index in [1.54, 1.807) is 11.4 Å². The Morgan fingerprint density at radius 2 is 1.33 bits per heavy atom. The molecule has 15 heavy (non-hydrogen) atoms. The Kier molecular flexibility index (Phi) is 16.9. The molecule has 0 radical (unpaired) electrons. The molecule has 2 nitrogen and oxygen atoms in total. The Morgan fingerprint density at radius 1 is 0.867 bits per heavy atom. The van der Waals surface area contributed by atoms with E-state index in [0.717, 1.165) is 5.75 Å². The predicted octanol–water partition coefficient (Wildman–Crippen LogP) is -0.781. The normalized spacial score (nSPS) is 9.53. The molecular formula is C11H25ClN2S. The lowest BCUT2D eigenvalue weighted by molar-refractivity contribution is -0.00000329. The van der Waals surface area contributed by atoms with Crippen LogP contribution in [0.2, 0.25) is 0 Å². The maximum atomic E-state index is 5.35. The molecule has 0 unspecified atom stereocenters. The summed E-state index contributed by atoms with van der Waals surface area (Å²) >= 11 is 1.58. The third-order valence-electron chi connectivity index (χ3n) is 2.27. The van der Waals surface area contributed by atoms with Gasteiger partial charge in [0.2, 0.25) is 11.4 Å². The zero-order chi connectivity index (χ0) is 10.6. The van der Waals surface area contributed by atoms with Crippen molar-refractivity contribution in [1.29, 1.82) is 0 Å². The SMILES string of the molecule is CCCCCCCCCC[S+]=C(N)N.[Cl-]. The minimum absolute atomic E-state index is 0. The summed E-state index contributed by atoms with van der Waals surface area (Å²) < 4.78 is 0. The lowest BCUT2D eigenvalue weighted by Gasteiger charge is -1.97. The molecule has 0 rings (SSSR count). The van der Waals surface area contributed by atoms with Crippen LogP contribution in [0.15, 0.2) is 0 Å². The Balaban J connectivity index is 0. The number of hydrogen-bond donors (Lipinski definition) is 2. The number of nitrogens with two attached hydrogens (primary N) is 2. The summed E-state index contributed by atoms with van der Waals surface area (Å²) in [6.45, 7) is 2.25. The zero-order valence-corrected chi connectivity index (χ0v) is 11.4. The molecule has 4 heteroatoms. The highest BCUT2D eigenvalue weighted by Gasteiger charge is 1.98. The molecule has 0 heterocycles. The van der Waals surface area contributed by atoms with Crippen molar-refractivity contribution in [3.05, 3.63) is 0 Å². The van der Waals surface area contributed by atoms with Gasteiger partial charge in [-0.3, -0.25) is 0 Å². The summed E-state index contributed by atoms with van der Waals surface area (Å²) in [6.07, 6.45) is 10.9. The Bertz CT molecular complexity index is 148. The molecule has 0 aliphatic heterocycles. The van der Waals surface area contributed by atoms with E-state index in [2.05, 4.69) is 6.92 Å². The van der Waals surface area contributed by atoms with Crippen LogP contribution < -0.4 is 23.9 Å². The first-order valence-electron chi connectivity index (χ1n) is 5.78. The fourth-order valence-corrected chi connectivity index (χ4v) is 2.01. The molecule has 0 atom stereocenters. The minimum atomic E-state index is 0. The fraction of sp³-hybridized carbons (Fsp3) is 0.909. The second-order valence-corrected chi connectivity index (χ2v) is 4.89. The lowest BCUT2D eigenvalue weighted by atomic mass is 10.1. The molecule has 0 aromatic heterocycles. The first-order chi connectivity index (χ1) is 6.77. The highest BCUT2D eigenvalue weighted by Crippen LogP contribution is 2.07. The molecule has 0 bridgehead atoms. The van der Waals surface area contributed by atoms with Gasteiger partial charge in [-0.2, -0.15) is 0 Å². The highest BCUT2D eigenvalue weighted by atomic mass is 35.5. The summed E-state index contributed by atoms with van der Waals surface area (Å²) in [5, 5.41) is 0.507. The molecule has 4 N–H and O–H groups in total. The summed E-state index contributed by atoms with van der Waals surface area (Å²) in [5.74, 6) is 1.08. The second-order valence-electron chi connectivity index (χ2n) is 3.73. The van der Waals surface area contributed by atoms with Gasteiger partial charge in [-0.15, -0.1) is 0 Å². The molecule has 0 aliphatic carbocycles. The van der Waals surface area contributed by atoms with Crippen molar-refractivity contribution < 1.29 is 12.4 Å². The third kappa shape index (κ3) is 16.9. The van der Waals surface area contributed by atoms with E-state index in [-0.39, 0.29) is 12.4 Å². The summed E-state index contributed by atoms with van der Waals surface area (Å²) in [7, 11) is 0. The standard InChI is InChI=1S/C11H25N2S.ClH/c1-2-3-4-5-6-7-8-9-10-14-11(12)13;/h2-10,12-13H2,1H3;1H/q+1;/p-1. The van der Waals surface area contributed by atoms with Gasteiger partial charge in [0.25, 0.3) is 0 Å². The van der Waals surface area contributed by atoms with Crippen molar-refractivity contribution in [3.63, 3.8) is 0 Å². The summed E-state index contributed by atoms with van der Waals surface area (Å²) in [5.41, 5.74) is 10.7. The molecule has 0 aliphatic rings. The van der Waals surface area contributed by atoms with Crippen LogP contribution in [0.1, 0.15) is 58.3 Å². The van der Waals surface area contributed by atoms with Gasteiger partial charge in [0, 0.05) is 6.42 Å². The molecular weight excluding hydrogens is 228 g/mol. The first-order valence-corrected chi connectivity index (χ1v) is 6.76. The Morgan fingerprint density at radius 3 is 1.80 bits per heavy atom.